The summed E-state index contributed by atoms with van der Waals surface area (Å²) in [7, 11) is -7.56. The molecule has 0 saturated heterocycles. The summed E-state index contributed by atoms with van der Waals surface area (Å²) >= 11 is 0. The highest BCUT2D eigenvalue weighted by Crippen LogP contribution is 2.31. The normalized spacial score (nSPS) is 11.5. The van der Waals surface area contributed by atoms with E-state index in [0.29, 0.717) is 34.5 Å². The Morgan fingerprint density at radius 2 is 0.468 bits per heavy atom. The Kier molecular flexibility index (Phi) is 8.84. The number of rotatable bonds is 10. The summed E-state index contributed by atoms with van der Waals surface area (Å²) in [4.78, 5) is 0.475. The molecule has 6 aromatic carbocycles. The van der Waals surface area contributed by atoms with E-state index in [1.807, 2.05) is 62.4 Å². The van der Waals surface area contributed by atoms with Crippen LogP contribution in [0, 0.1) is 13.8 Å². The first-order chi connectivity index (χ1) is 22.6. The van der Waals surface area contributed by atoms with E-state index >= 15 is 0 Å². The third-order valence-electron chi connectivity index (χ3n) is 7.29. The van der Waals surface area contributed by atoms with Gasteiger partial charge in [-0.05, 0) is 135 Å². The van der Waals surface area contributed by atoms with Gasteiger partial charge >= 0.3 is 0 Å². The zero-order chi connectivity index (χ0) is 33.0. The number of benzene rings is 6. The molecule has 47 heavy (non-hydrogen) atoms. The smallest absolute Gasteiger partial charge is 0.206 e. The van der Waals surface area contributed by atoms with Crippen molar-refractivity contribution in [3.8, 4) is 34.5 Å². The Hall–Kier alpha value is -5.38. The molecule has 0 atom stereocenters. The van der Waals surface area contributed by atoms with Gasteiger partial charge in [0.15, 0.2) is 0 Å². The maximum absolute atomic E-state index is 13.2. The van der Waals surface area contributed by atoms with Crippen molar-refractivity contribution in [2.24, 2.45) is 0 Å². The predicted molar refractivity (Wildman–Crippen MR) is 179 cm³/mol. The summed E-state index contributed by atoms with van der Waals surface area (Å²) in [6.45, 7) is 3.97. The molecule has 0 aromatic heterocycles. The number of hydrogen-bond donors (Lipinski definition) is 0. The van der Waals surface area contributed by atoms with Crippen molar-refractivity contribution in [3.05, 3.63) is 157 Å². The van der Waals surface area contributed by atoms with E-state index in [4.69, 9.17) is 14.2 Å². The van der Waals surface area contributed by atoms with Crippen molar-refractivity contribution in [1.29, 1.82) is 0 Å². The molecular weight excluding hydrogens is 633 g/mol. The number of hydrogen-bond acceptors (Lipinski definition) is 7. The molecule has 0 bridgehead atoms. The standard InChI is InChI=1S/C38H30O7S2/c1-27-3-7-29(8-4-27)43-31-11-19-35(20-12-31)46(39,40)37-23-15-33(16-24-37)45-34-17-25-38(26-18-34)47(41,42)36-21-13-32(14-22-36)44-30-9-5-28(2)6-10-30/h3-26H,1-2H3. The van der Waals surface area contributed by atoms with Gasteiger partial charge in [0.2, 0.25) is 19.7 Å². The van der Waals surface area contributed by atoms with Crippen LogP contribution in [0.5, 0.6) is 34.5 Å². The minimum Gasteiger partial charge on any atom is -0.457 e. The van der Waals surface area contributed by atoms with Gasteiger partial charge < -0.3 is 14.2 Å². The van der Waals surface area contributed by atoms with E-state index in [9.17, 15) is 16.8 Å². The highest BCUT2D eigenvalue weighted by molar-refractivity contribution is 7.91. The summed E-state index contributed by atoms with van der Waals surface area (Å²) in [6.07, 6.45) is 0. The monoisotopic (exact) mass is 662 g/mol. The van der Waals surface area contributed by atoms with Gasteiger partial charge in [-0.3, -0.25) is 0 Å². The van der Waals surface area contributed by atoms with E-state index in [1.165, 1.54) is 48.5 Å². The molecule has 9 heteroatoms. The fraction of sp³-hybridized carbons (Fsp3) is 0.0526. The van der Waals surface area contributed by atoms with Crippen LogP contribution in [0.25, 0.3) is 0 Å². The van der Waals surface area contributed by atoms with Gasteiger partial charge in [0, 0.05) is 0 Å². The minimum atomic E-state index is -3.78. The second kappa shape index (κ2) is 13.2. The summed E-state index contributed by atoms with van der Waals surface area (Å²) in [5.41, 5.74) is 2.23. The lowest BCUT2D eigenvalue weighted by atomic mass is 10.2. The van der Waals surface area contributed by atoms with Crippen LogP contribution in [-0.2, 0) is 19.7 Å². The largest absolute Gasteiger partial charge is 0.457 e. The van der Waals surface area contributed by atoms with Crippen molar-refractivity contribution < 1.29 is 31.0 Å². The lowest BCUT2D eigenvalue weighted by molar-refractivity contribution is 0.481. The van der Waals surface area contributed by atoms with Crippen LogP contribution in [-0.4, -0.2) is 16.8 Å². The fourth-order valence-electron chi connectivity index (χ4n) is 4.64. The molecule has 0 unspecified atom stereocenters. The first kappa shape index (κ1) is 31.6. The van der Waals surface area contributed by atoms with Crippen molar-refractivity contribution in [2.45, 2.75) is 33.4 Å². The van der Waals surface area contributed by atoms with Crippen molar-refractivity contribution in [1.82, 2.24) is 0 Å². The highest BCUT2D eigenvalue weighted by atomic mass is 32.2. The molecule has 0 aliphatic carbocycles. The second-order valence-corrected chi connectivity index (χ2v) is 14.7. The molecule has 0 heterocycles. The molecule has 6 rings (SSSR count). The molecule has 0 fully saturated rings. The first-order valence-electron chi connectivity index (χ1n) is 14.6. The Morgan fingerprint density at radius 3 is 0.660 bits per heavy atom. The molecule has 6 aromatic rings. The van der Waals surface area contributed by atoms with Crippen LogP contribution in [0.1, 0.15) is 11.1 Å². The summed E-state index contributed by atoms with van der Waals surface area (Å²) in [5, 5.41) is 0. The topological polar surface area (TPSA) is 96.0 Å². The van der Waals surface area contributed by atoms with Crippen LogP contribution in [0.3, 0.4) is 0 Å². The van der Waals surface area contributed by atoms with Gasteiger partial charge in [0.1, 0.15) is 34.5 Å². The van der Waals surface area contributed by atoms with Gasteiger partial charge in [-0.15, -0.1) is 0 Å². The van der Waals surface area contributed by atoms with Gasteiger partial charge in [-0.25, -0.2) is 16.8 Å². The molecule has 0 N–H and O–H groups in total. The minimum absolute atomic E-state index is 0.105. The maximum Gasteiger partial charge on any atom is 0.206 e. The van der Waals surface area contributed by atoms with Crippen LogP contribution in [0.15, 0.2) is 165 Å². The average Bonchev–Trinajstić information content (AvgIpc) is 3.08. The number of ether oxygens (including phenoxy) is 3. The number of aryl methyl sites for hydroxylation is 2. The lowest BCUT2D eigenvalue weighted by Gasteiger charge is -2.10. The highest BCUT2D eigenvalue weighted by Gasteiger charge is 2.19. The predicted octanol–water partition coefficient (Wildman–Crippen LogP) is 9.35. The van der Waals surface area contributed by atoms with E-state index in [0.717, 1.165) is 11.1 Å². The number of sulfone groups is 2. The maximum atomic E-state index is 13.2. The Bertz CT molecular complexity index is 2030. The fourth-order valence-corrected chi connectivity index (χ4v) is 7.16. The van der Waals surface area contributed by atoms with Crippen molar-refractivity contribution in [3.63, 3.8) is 0 Å². The van der Waals surface area contributed by atoms with Gasteiger partial charge in [-0.1, -0.05) is 35.4 Å². The van der Waals surface area contributed by atoms with Crippen LogP contribution in [0.4, 0.5) is 0 Å². The Balaban J connectivity index is 1.09. The lowest BCUT2D eigenvalue weighted by Crippen LogP contribution is -2.02. The molecular formula is C38H30O7S2. The molecule has 0 radical (unpaired) electrons. The molecule has 0 saturated carbocycles. The molecule has 0 aliphatic heterocycles. The second-order valence-electron chi connectivity index (χ2n) is 10.8. The summed E-state index contributed by atoms with van der Waals surface area (Å²) in [5.74, 6) is 3.16. The van der Waals surface area contributed by atoms with E-state index < -0.39 is 19.7 Å². The van der Waals surface area contributed by atoms with Crippen LogP contribution in [0.2, 0.25) is 0 Å². The van der Waals surface area contributed by atoms with E-state index in [2.05, 4.69) is 0 Å². The zero-order valence-electron chi connectivity index (χ0n) is 25.5. The average molecular weight is 663 g/mol. The SMILES string of the molecule is Cc1ccc(Oc2ccc(S(=O)(=O)c3ccc(Oc4ccc(S(=O)(=O)c5ccc(Oc6ccc(C)cc6)cc5)cc4)cc3)cc2)cc1. The van der Waals surface area contributed by atoms with Crippen molar-refractivity contribution >= 4 is 19.7 Å². The van der Waals surface area contributed by atoms with Crippen molar-refractivity contribution in [2.75, 3.05) is 0 Å². The van der Waals surface area contributed by atoms with Crippen LogP contribution >= 0.6 is 0 Å². The van der Waals surface area contributed by atoms with Gasteiger partial charge in [0.25, 0.3) is 0 Å². The third kappa shape index (κ3) is 7.38. The van der Waals surface area contributed by atoms with E-state index in [-0.39, 0.29) is 19.6 Å². The summed E-state index contributed by atoms with van der Waals surface area (Å²) in [6, 6.07) is 39.7. The first-order valence-corrected chi connectivity index (χ1v) is 17.6. The van der Waals surface area contributed by atoms with Crippen LogP contribution < -0.4 is 14.2 Å². The van der Waals surface area contributed by atoms with Gasteiger partial charge in [0.05, 0.1) is 19.6 Å². The Morgan fingerprint density at radius 1 is 0.298 bits per heavy atom. The molecule has 0 amide bonds. The quantitative estimate of drug-likeness (QED) is 0.144. The molecule has 7 nitrogen and oxygen atoms in total. The third-order valence-corrected chi connectivity index (χ3v) is 10.9. The van der Waals surface area contributed by atoms with E-state index in [1.54, 1.807) is 48.5 Å². The molecule has 0 aliphatic rings. The molecule has 0 spiro atoms. The Labute approximate surface area is 274 Å². The summed E-state index contributed by atoms with van der Waals surface area (Å²) < 4.78 is 70.4. The zero-order valence-corrected chi connectivity index (χ0v) is 27.2. The van der Waals surface area contributed by atoms with Gasteiger partial charge in [-0.2, -0.15) is 0 Å². The molecule has 236 valence electrons.